The summed E-state index contributed by atoms with van der Waals surface area (Å²) in [7, 11) is 0. The highest BCUT2D eigenvalue weighted by molar-refractivity contribution is 6.95. The van der Waals surface area contributed by atoms with Crippen LogP contribution in [0.1, 0.15) is 161 Å². The maximum Gasteiger partial charge on any atom is 0.333 e. The highest BCUT2D eigenvalue weighted by atomic mass is 16.3. The van der Waals surface area contributed by atoms with Gasteiger partial charge < -0.3 is 18.5 Å². The van der Waals surface area contributed by atoms with Gasteiger partial charge in [0, 0.05) is 61.1 Å². The van der Waals surface area contributed by atoms with Crippen LogP contribution in [0.4, 0.5) is 28.4 Å². The molecule has 0 radical (unpaired) electrons. The van der Waals surface area contributed by atoms with Crippen molar-refractivity contribution in [1.29, 1.82) is 0 Å². The third kappa shape index (κ3) is 5.88. The van der Waals surface area contributed by atoms with E-state index in [4.69, 9.17) is 8.83 Å². The second-order valence-electron chi connectivity index (χ2n) is 26.9. The molecule has 4 heterocycles. The zero-order chi connectivity index (χ0) is 50.0. The van der Waals surface area contributed by atoms with E-state index < -0.39 is 0 Å². The van der Waals surface area contributed by atoms with E-state index in [1.165, 1.54) is 108 Å². The van der Waals surface area contributed by atoms with Gasteiger partial charge in [0.05, 0.1) is 0 Å². The summed E-state index contributed by atoms with van der Waals surface area (Å²) in [5.74, 6) is 0. The first kappa shape index (κ1) is 44.5. The zero-order valence-electron chi connectivity index (χ0n) is 44.9. The van der Waals surface area contributed by atoms with E-state index in [1.54, 1.807) is 0 Å². The molecule has 9 aromatic rings. The molecule has 0 spiro atoms. The first-order valence-electron chi connectivity index (χ1n) is 27.1. The Hall–Kier alpha value is -6.20. The van der Waals surface area contributed by atoms with Gasteiger partial charge >= 0.3 is 6.85 Å². The highest BCUT2D eigenvalue weighted by Gasteiger charge is 2.51. The molecule has 5 heteroatoms. The number of rotatable bonds is 2. The minimum absolute atomic E-state index is 0.00778. The van der Waals surface area contributed by atoms with Gasteiger partial charge in [-0.2, -0.15) is 0 Å². The fourth-order valence-electron chi connectivity index (χ4n) is 14.8. The average Bonchev–Trinajstić information content (AvgIpc) is 3.91. The monoisotopic (exact) mass is 945 g/mol. The Morgan fingerprint density at radius 3 is 1.58 bits per heavy atom. The molecular formula is C67H69BN2O2. The fourth-order valence-corrected chi connectivity index (χ4v) is 14.8. The predicted octanol–water partition coefficient (Wildman–Crippen LogP) is 17.5. The number of nitrogens with zero attached hydrogens (tertiary/aromatic N) is 2. The Morgan fingerprint density at radius 2 is 0.944 bits per heavy atom. The van der Waals surface area contributed by atoms with Crippen molar-refractivity contribution in [1.82, 2.24) is 0 Å². The molecule has 0 amide bonds. The molecule has 0 saturated carbocycles. The first-order chi connectivity index (χ1) is 34.1. The summed E-state index contributed by atoms with van der Waals surface area (Å²) in [6.07, 6.45) is 6.92. The van der Waals surface area contributed by atoms with E-state index in [2.05, 4.69) is 209 Å². The summed E-state index contributed by atoms with van der Waals surface area (Å²) in [4.78, 5) is 5.46. The van der Waals surface area contributed by atoms with Crippen LogP contribution >= 0.6 is 0 Å². The third-order valence-corrected chi connectivity index (χ3v) is 19.6. The third-order valence-electron chi connectivity index (χ3n) is 19.6. The van der Waals surface area contributed by atoms with Crippen LogP contribution in [0.15, 0.2) is 118 Å². The Labute approximate surface area is 426 Å². The zero-order valence-corrected chi connectivity index (χ0v) is 44.9. The Kier molecular flexibility index (Phi) is 8.71. The van der Waals surface area contributed by atoms with Crippen LogP contribution in [0, 0.1) is 6.92 Å². The van der Waals surface area contributed by atoms with Crippen molar-refractivity contribution >= 4 is 90.1 Å². The molecule has 0 unspecified atom stereocenters. The average molecular weight is 945 g/mol. The number of fused-ring (bicyclic) bond motifs is 15. The van der Waals surface area contributed by atoms with E-state index in [0.29, 0.717) is 0 Å². The molecule has 3 aliphatic carbocycles. The Balaban J connectivity index is 1.20. The van der Waals surface area contributed by atoms with Crippen molar-refractivity contribution in [3.05, 3.63) is 148 Å². The lowest BCUT2D eigenvalue weighted by molar-refractivity contribution is 0.332. The molecule has 362 valence electrons. The van der Waals surface area contributed by atoms with Crippen LogP contribution < -0.4 is 20.6 Å². The van der Waals surface area contributed by atoms with E-state index in [1.807, 2.05) is 0 Å². The predicted molar refractivity (Wildman–Crippen MR) is 305 cm³/mol. The van der Waals surface area contributed by atoms with Crippen LogP contribution in [-0.4, -0.2) is 6.85 Å². The summed E-state index contributed by atoms with van der Waals surface area (Å²) < 4.78 is 14.3. The molecule has 0 saturated heterocycles. The van der Waals surface area contributed by atoms with Crippen molar-refractivity contribution in [3.63, 3.8) is 0 Å². The fraction of sp³-hybridized carbons (Fsp3) is 0.373. The van der Waals surface area contributed by atoms with Crippen LogP contribution in [0.5, 0.6) is 0 Å². The molecule has 2 aromatic heterocycles. The second kappa shape index (κ2) is 14.1. The van der Waals surface area contributed by atoms with Gasteiger partial charge in [-0.15, -0.1) is 0 Å². The maximum absolute atomic E-state index is 7.35. The van der Waals surface area contributed by atoms with Gasteiger partial charge in [0.15, 0.2) is 0 Å². The molecule has 14 rings (SSSR count). The van der Waals surface area contributed by atoms with E-state index in [0.717, 1.165) is 64.2 Å². The van der Waals surface area contributed by atoms with Gasteiger partial charge in [0.25, 0.3) is 0 Å². The molecule has 4 nitrogen and oxygen atoms in total. The Morgan fingerprint density at radius 1 is 0.417 bits per heavy atom. The molecule has 72 heavy (non-hydrogen) atoms. The van der Waals surface area contributed by atoms with E-state index in [9.17, 15) is 0 Å². The van der Waals surface area contributed by atoms with Crippen molar-refractivity contribution < 1.29 is 8.83 Å². The lowest BCUT2D eigenvalue weighted by Crippen LogP contribution is -2.62. The second-order valence-corrected chi connectivity index (χ2v) is 26.9. The Bertz CT molecular complexity index is 3870. The van der Waals surface area contributed by atoms with Gasteiger partial charge in [-0.1, -0.05) is 132 Å². The highest BCUT2D eigenvalue weighted by Crippen LogP contribution is 2.58. The van der Waals surface area contributed by atoms with Crippen LogP contribution in [-0.2, 0) is 32.5 Å². The smallest absolute Gasteiger partial charge is 0.333 e. The first-order valence-corrected chi connectivity index (χ1v) is 27.1. The SMILES string of the molecule is Cc1cc2c(cc1N1c3cc4c(oc5ccccc54)c4c3B(c3c1ccc1oc5ccccc5c31)N(c1ccc3c(c1)C(C)(C)CCC3(C)C)c1cc3c(cc1-4)C(C)(C)CCC3(C)C)C(C)(C)CCC2(C)C. The number of furan rings is 2. The number of para-hydroxylation sites is 2. The minimum atomic E-state index is -0.236. The summed E-state index contributed by atoms with van der Waals surface area (Å²) >= 11 is 0. The van der Waals surface area contributed by atoms with Gasteiger partial charge in [-0.3, -0.25) is 0 Å². The van der Waals surface area contributed by atoms with Gasteiger partial charge in [0.1, 0.15) is 22.3 Å². The summed E-state index contributed by atoms with van der Waals surface area (Å²) in [5.41, 5.74) is 25.2. The number of aryl methyl sites for hydroxylation is 1. The number of anilines is 5. The van der Waals surface area contributed by atoms with E-state index in [-0.39, 0.29) is 39.3 Å². The van der Waals surface area contributed by atoms with Crippen molar-refractivity contribution in [2.24, 2.45) is 0 Å². The summed E-state index contributed by atoms with van der Waals surface area (Å²) in [6, 6.07) is 42.6. The molecular weight excluding hydrogens is 876 g/mol. The standard InChI is InChI=1S/C67H69BN2O2/c1-38-32-45-48(66(10,11)30-28-63(45,4)5)36-51(38)69-50-24-25-56-57(41-19-15-17-21-55(41)71-56)59(50)68-60-53(69)35-42-40-18-14-16-20-54(40)72-61(42)58(60)43-34-47-49(67(12,13)31-29-65(47,8)9)37-52(43)70(68)39-22-23-44-46(33-39)64(6,7)27-26-62(44,2)3/h14-25,32-37H,26-31H2,1-13H3. The molecule has 0 N–H and O–H groups in total. The summed E-state index contributed by atoms with van der Waals surface area (Å²) in [5, 5.41) is 4.64. The quantitative estimate of drug-likeness (QED) is 0.162. The van der Waals surface area contributed by atoms with E-state index >= 15 is 0 Å². The maximum atomic E-state index is 7.35. The molecule has 0 fully saturated rings. The van der Waals surface area contributed by atoms with Crippen molar-refractivity contribution in [2.75, 3.05) is 9.71 Å². The van der Waals surface area contributed by atoms with Crippen LogP contribution in [0.2, 0.25) is 0 Å². The number of hydrogen-bond donors (Lipinski definition) is 0. The van der Waals surface area contributed by atoms with Crippen LogP contribution in [0.25, 0.3) is 55.0 Å². The normalized spacial score (nSPS) is 20.3. The topological polar surface area (TPSA) is 32.8 Å². The summed E-state index contributed by atoms with van der Waals surface area (Å²) in [6.45, 7) is 31.7. The largest absolute Gasteiger partial charge is 0.456 e. The molecule has 0 bridgehead atoms. The molecule has 7 aromatic carbocycles. The number of benzene rings is 7. The number of hydrogen-bond acceptors (Lipinski definition) is 4. The van der Waals surface area contributed by atoms with Crippen LogP contribution in [0.3, 0.4) is 0 Å². The lowest BCUT2D eigenvalue weighted by atomic mass is 9.42. The van der Waals surface area contributed by atoms with Crippen molar-refractivity contribution in [2.45, 2.75) is 161 Å². The molecule has 0 atom stereocenters. The lowest BCUT2D eigenvalue weighted by Gasteiger charge is -2.49. The molecule has 2 aliphatic heterocycles. The van der Waals surface area contributed by atoms with Gasteiger partial charge in [0.2, 0.25) is 0 Å². The molecule has 5 aliphatic rings. The van der Waals surface area contributed by atoms with Gasteiger partial charge in [-0.05, 0) is 188 Å². The van der Waals surface area contributed by atoms with Gasteiger partial charge in [-0.25, -0.2) is 0 Å². The van der Waals surface area contributed by atoms with Crippen molar-refractivity contribution in [3.8, 4) is 11.1 Å². The minimum Gasteiger partial charge on any atom is -0.456 e.